The molecule has 11 heteroatoms. The molecule has 0 bridgehead atoms. The maximum atomic E-state index is 12.9. The Balaban J connectivity index is 1.36. The minimum atomic E-state index is -3.84. The molecule has 2 aromatic carbocycles. The Kier molecular flexibility index (Phi) is 5.51. The summed E-state index contributed by atoms with van der Waals surface area (Å²) in [4.78, 5) is 18.4. The fraction of sp³-hybridized carbons (Fsp3) is 0.318. The lowest BCUT2D eigenvalue weighted by Gasteiger charge is -2.28. The third-order valence-electron chi connectivity index (χ3n) is 5.52. The van der Waals surface area contributed by atoms with Crippen molar-refractivity contribution in [3.8, 4) is 11.5 Å². The summed E-state index contributed by atoms with van der Waals surface area (Å²) in [6.45, 7) is 0.0195. The number of nitrogens with zero attached hydrogens (tertiary/aromatic N) is 3. The van der Waals surface area contributed by atoms with Crippen molar-refractivity contribution in [2.45, 2.75) is 36.7 Å². The van der Waals surface area contributed by atoms with E-state index in [2.05, 4.69) is 14.9 Å². The van der Waals surface area contributed by atoms with Crippen LogP contribution in [0.4, 0.5) is 5.69 Å². The summed E-state index contributed by atoms with van der Waals surface area (Å²) in [6.07, 6.45) is 2.04. The Bertz CT molecular complexity index is 1280. The standard InChI is InChI=1S/C22H22N4O6S/c1-30-16-6-2-14(3-7-16)11-23-33(28,29)17-8-9-19-18(10-17)26(21(27)13-31-19)12-20-24-22(32-25-20)15-4-5-15/h2-3,6-10,15,23H,4-5,11-13H2,1H3. The minimum absolute atomic E-state index is 0.0184. The van der Waals surface area contributed by atoms with E-state index in [-0.39, 0.29) is 30.5 Å². The van der Waals surface area contributed by atoms with Crippen molar-refractivity contribution in [3.63, 3.8) is 0 Å². The second-order valence-corrected chi connectivity index (χ2v) is 9.66. The first-order chi connectivity index (χ1) is 15.9. The normalized spacial score (nSPS) is 15.8. The first-order valence-corrected chi connectivity index (χ1v) is 11.9. The number of benzene rings is 2. The fourth-order valence-electron chi connectivity index (χ4n) is 3.50. The number of carbonyl (C=O) groups is 1. The van der Waals surface area contributed by atoms with E-state index in [9.17, 15) is 13.2 Å². The summed E-state index contributed by atoms with van der Waals surface area (Å²) < 4.78 is 44.3. The third-order valence-corrected chi connectivity index (χ3v) is 6.92. The molecule has 2 heterocycles. The van der Waals surface area contributed by atoms with E-state index >= 15 is 0 Å². The van der Waals surface area contributed by atoms with E-state index in [1.165, 1.54) is 17.0 Å². The van der Waals surface area contributed by atoms with Crippen molar-refractivity contribution in [1.29, 1.82) is 0 Å². The first kappa shape index (κ1) is 21.4. The number of hydrogen-bond donors (Lipinski definition) is 1. The predicted octanol–water partition coefficient (Wildman–Crippen LogP) is 2.36. The van der Waals surface area contributed by atoms with Crippen LogP contribution in [0.25, 0.3) is 0 Å². The van der Waals surface area contributed by atoms with Gasteiger partial charge in [-0.15, -0.1) is 0 Å². The van der Waals surface area contributed by atoms with Crippen LogP contribution in [0.2, 0.25) is 0 Å². The van der Waals surface area contributed by atoms with Gasteiger partial charge < -0.3 is 14.0 Å². The molecule has 5 rings (SSSR count). The Morgan fingerprint density at radius 2 is 1.97 bits per heavy atom. The second-order valence-electron chi connectivity index (χ2n) is 7.89. The van der Waals surface area contributed by atoms with Crippen molar-refractivity contribution in [1.82, 2.24) is 14.9 Å². The van der Waals surface area contributed by atoms with Gasteiger partial charge in [-0.25, -0.2) is 13.1 Å². The number of sulfonamides is 1. The number of nitrogens with one attached hydrogen (secondary N) is 1. The van der Waals surface area contributed by atoms with Crippen LogP contribution < -0.4 is 19.1 Å². The van der Waals surface area contributed by atoms with Crippen LogP contribution in [-0.2, 0) is 27.9 Å². The van der Waals surface area contributed by atoms with Gasteiger partial charge in [0.1, 0.15) is 11.5 Å². The smallest absolute Gasteiger partial charge is 0.265 e. The number of fused-ring (bicyclic) bond motifs is 1. The molecular formula is C22H22N4O6S. The van der Waals surface area contributed by atoms with Gasteiger partial charge in [0.05, 0.1) is 24.2 Å². The molecule has 2 aliphatic rings. The molecule has 33 heavy (non-hydrogen) atoms. The maximum absolute atomic E-state index is 12.9. The summed E-state index contributed by atoms with van der Waals surface area (Å²) in [5.74, 6) is 2.02. The maximum Gasteiger partial charge on any atom is 0.265 e. The topological polar surface area (TPSA) is 124 Å². The van der Waals surface area contributed by atoms with Crippen molar-refractivity contribution in [2.75, 3.05) is 18.6 Å². The molecule has 3 aromatic rings. The average molecular weight is 471 g/mol. The third kappa shape index (κ3) is 4.55. The van der Waals surface area contributed by atoms with Gasteiger partial charge in [0.25, 0.3) is 5.91 Å². The number of rotatable bonds is 8. The van der Waals surface area contributed by atoms with Crippen LogP contribution in [0.5, 0.6) is 11.5 Å². The molecule has 1 aliphatic heterocycles. The molecule has 1 aromatic heterocycles. The number of hydrogen-bond acceptors (Lipinski definition) is 8. The van der Waals surface area contributed by atoms with Gasteiger partial charge in [-0.05, 0) is 48.7 Å². The summed E-state index contributed by atoms with van der Waals surface area (Å²) in [5, 5.41) is 3.97. The molecule has 1 amide bonds. The summed E-state index contributed by atoms with van der Waals surface area (Å²) in [7, 11) is -2.28. The van der Waals surface area contributed by atoms with Crippen LogP contribution >= 0.6 is 0 Å². The predicted molar refractivity (Wildman–Crippen MR) is 116 cm³/mol. The minimum Gasteiger partial charge on any atom is -0.497 e. The summed E-state index contributed by atoms with van der Waals surface area (Å²) >= 11 is 0. The average Bonchev–Trinajstić information content (AvgIpc) is 3.58. The van der Waals surface area contributed by atoms with Crippen LogP contribution in [0.1, 0.15) is 36.0 Å². The van der Waals surface area contributed by atoms with Gasteiger partial charge in [0.15, 0.2) is 12.4 Å². The number of amides is 1. The number of methoxy groups -OCH3 is 1. The second kappa shape index (κ2) is 8.49. The molecule has 0 atom stereocenters. The van der Waals surface area contributed by atoms with E-state index in [4.69, 9.17) is 14.0 Å². The lowest BCUT2D eigenvalue weighted by molar-refractivity contribution is -0.121. The summed E-state index contributed by atoms with van der Waals surface area (Å²) in [6, 6.07) is 11.5. The van der Waals surface area contributed by atoms with Crippen LogP contribution in [0.15, 0.2) is 51.9 Å². The molecule has 1 aliphatic carbocycles. The van der Waals surface area contributed by atoms with Crippen LogP contribution in [0, 0.1) is 0 Å². The Hall–Kier alpha value is -3.44. The zero-order valence-electron chi connectivity index (χ0n) is 17.9. The van der Waals surface area contributed by atoms with E-state index in [0.29, 0.717) is 34.8 Å². The SMILES string of the molecule is COc1ccc(CNS(=O)(=O)c2ccc3c(c2)N(Cc2noc(C4CC4)n2)C(=O)CO3)cc1. The van der Waals surface area contributed by atoms with Gasteiger partial charge in [-0.2, -0.15) is 4.98 Å². The quantitative estimate of drug-likeness (QED) is 0.532. The molecule has 1 N–H and O–H groups in total. The molecule has 0 saturated heterocycles. The van der Waals surface area contributed by atoms with Crippen molar-refractivity contribution >= 4 is 21.6 Å². The van der Waals surface area contributed by atoms with Gasteiger partial charge in [0, 0.05) is 12.5 Å². The zero-order chi connectivity index (χ0) is 23.0. The molecule has 1 saturated carbocycles. The number of carbonyl (C=O) groups excluding carboxylic acids is 1. The highest BCUT2D eigenvalue weighted by Gasteiger charge is 2.32. The summed E-state index contributed by atoms with van der Waals surface area (Å²) in [5.41, 5.74) is 1.12. The Morgan fingerprint density at radius 1 is 1.18 bits per heavy atom. The number of aromatic nitrogens is 2. The van der Waals surface area contributed by atoms with Crippen LogP contribution in [-0.4, -0.2) is 38.2 Å². The van der Waals surface area contributed by atoms with Crippen molar-refractivity contribution < 1.29 is 27.2 Å². The number of ether oxygens (including phenoxy) is 2. The lowest BCUT2D eigenvalue weighted by atomic mass is 10.2. The lowest BCUT2D eigenvalue weighted by Crippen LogP contribution is -2.38. The molecule has 1 fully saturated rings. The molecule has 172 valence electrons. The molecule has 10 nitrogen and oxygen atoms in total. The van der Waals surface area contributed by atoms with E-state index in [1.54, 1.807) is 37.4 Å². The van der Waals surface area contributed by atoms with Crippen LogP contribution in [0.3, 0.4) is 0 Å². The Labute approximate surface area is 190 Å². The highest BCUT2D eigenvalue weighted by molar-refractivity contribution is 7.89. The fourth-order valence-corrected chi connectivity index (χ4v) is 4.53. The van der Waals surface area contributed by atoms with Crippen molar-refractivity contribution in [3.05, 3.63) is 59.7 Å². The molecular weight excluding hydrogens is 448 g/mol. The monoisotopic (exact) mass is 470 g/mol. The first-order valence-electron chi connectivity index (χ1n) is 10.5. The highest BCUT2D eigenvalue weighted by Crippen LogP contribution is 2.39. The van der Waals surface area contributed by atoms with Crippen molar-refractivity contribution in [2.24, 2.45) is 0 Å². The van der Waals surface area contributed by atoms with Gasteiger partial charge >= 0.3 is 0 Å². The van der Waals surface area contributed by atoms with Gasteiger partial charge in [-0.3, -0.25) is 9.69 Å². The van der Waals surface area contributed by atoms with Gasteiger partial charge in [-0.1, -0.05) is 17.3 Å². The Morgan fingerprint density at radius 3 is 2.70 bits per heavy atom. The van der Waals surface area contributed by atoms with E-state index in [0.717, 1.165) is 18.4 Å². The molecule has 0 radical (unpaired) electrons. The zero-order valence-corrected chi connectivity index (χ0v) is 18.7. The largest absolute Gasteiger partial charge is 0.497 e. The van der Waals surface area contributed by atoms with E-state index < -0.39 is 10.0 Å². The van der Waals surface area contributed by atoms with E-state index in [1.807, 2.05) is 0 Å². The molecule has 0 unspecified atom stereocenters. The highest BCUT2D eigenvalue weighted by atomic mass is 32.2. The number of anilines is 1. The van der Waals surface area contributed by atoms with Gasteiger partial charge in [0.2, 0.25) is 15.9 Å². The molecule has 0 spiro atoms.